The summed E-state index contributed by atoms with van der Waals surface area (Å²) in [5, 5.41) is 11.1. The van der Waals surface area contributed by atoms with Gasteiger partial charge in [-0.2, -0.15) is 0 Å². The molecule has 1 saturated carbocycles. The van der Waals surface area contributed by atoms with Crippen molar-refractivity contribution in [3.8, 4) is 0 Å². The van der Waals surface area contributed by atoms with Crippen molar-refractivity contribution in [1.82, 2.24) is 4.90 Å². The summed E-state index contributed by atoms with van der Waals surface area (Å²) in [4.78, 5) is 26.3. The molecule has 1 aromatic heterocycles. The van der Waals surface area contributed by atoms with Gasteiger partial charge in [-0.1, -0.05) is 19.9 Å². The summed E-state index contributed by atoms with van der Waals surface area (Å²) in [5.41, 5.74) is -0.417. The largest absolute Gasteiger partial charge is 0.481 e. The second-order valence-corrected chi connectivity index (χ2v) is 6.74. The van der Waals surface area contributed by atoms with Gasteiger partial charge in [-0.3, -0.25) is 9.59 Å². The molecule has 0 unspecified atom stereocenters. The number of carboxylic acids is 1. The van der Waals surface area contributed by atoms with E-state index in [1.807, 2.05) is 31.4 Å². The Balaban J connectivity index is 1.91. The molecule has 1 N–H and O–H groups in total. The second-order valence-electron chi connectivity index (χ2n) is 5.70. The van der Waals surface area contributed by atoms with Gasteiger partial charge < -0.3 is 10.0 Å². The molecule has 0 radical (unpaired) electrons. The molecule has 4 nitrogen and oxygen atoms in total. The van der Waals surface area contributed by atoms with Crippen LogP contribution in [0.25, 0.3) is 0 Å². The molecular weight excluding hydrogens is 262 g/mol. The molecule has 1 fully saturated rings. The van der Waals surface area contributed by atoms with E-state index < -0.39 is 17.3 Å². The Morgan fingerprint density at radius 1 is 1.42 bits per heavy atom. The van der Waals surface area contributed by atoms with Crippen molar-refractivity contribution in [3.05, 3.63) is 22.4 Å². The molecule has 1 amide bonds. The lowest BCUT2D eigenvalue weighted by Crippen LogP contribution is -2.31. The summed E-state index contributed by atoms with van der Waals surface area (Å²) >= 11 is 1.67. The molecule has 0 spiro atoms. The molecule has 0 saturated heterocycles. The van der Waals surface area contributed by atoms with Crippen molar-refractivity contribution in [3.63, 3.8) is 0 Å². The second kappa shape index (κ2) is 4.96. The van der Waals surface area contributed by atoms with Crippen molar-refractivity contribution in [2.45, 2.75) is 20.3 Å². The molecule has 1 aliphatic carbocycles. The van der Waals surface area contributed by atoms with Crippen LogP contribution >= 0.6 is 11.3 Å². The lowest BCUT2D eigenvalue weighted by atomic mass is 10.1. The number of thiophene rings is 1. The highest BCUT2D eigenvalue weighted by Gasteiger charge is 2.66. The van der Waals surface area contributed by atoms with Crippen molar-refractivity contribution in [2.24, 2.45) is 17.3 Å². The monoisotopic (exact) mass is 281 g/mol. The van der Waals surface area contributed by atoms with Gasteiger partial charge in [-0.05, 0) is 23.3 Å². The van der Waals surface area contributed by atoms with E-state index in [-0.39, 0.29) is 11.8 Å². The minimum Gasteiger partial charge on any atom is -0.481 e. The van der Waals surface area contributed by atoms with Crippen LogP contribution in [0.4, 0.5) is 0 Å². The van der Waals surface area contributed by atoms with Crippen LogP contribution in [0.2, 0.25) is 0 Å². The van der Waals surface area contributed by atoms with Crippen LogP contribution < -0.4 is 0 Å². The Kier molecular flexibility index (Phi) is 3.67. The van der Waals surface area contributed by atoms with E-state index in [1.165, 1.54) is 4.88 Å². The number of carbonyl (C=O) groups is 2. The minimum absolute atomic E-state index is 0.0473. The first-order valence-corrected chi connectivity index (χ1v) is 7.24. The average molecular weight is 281 g/mol. The molecule has 5 heteroatoms. The normalized spacial score (nSPS) is 23.9. The zero-order chi connectivity index (χ0) is 14.2. The first-order chi connectivity index (χ1) is 8.85. The van der Waals surface area contributed by atoms with Crippen molar-refractivity contribution in [2.75, 3.05) is 13.6 Å². The van der Waals surface area contributed by atoms with Crippen molar-refractivity contribution < 1.29 is 14.7 Å². The van der Waals surface area contributed by atoms with Crippen LogP contribution in [0.3, 0.4) is 0 Å². The number of rotatable bonds is 5. The average Bonchev–Trinajstić information content (AvgIpc) is 2.73. The smallest absolute Gasteiger partial charge is 0.307 e. The highest BCUT2D eigenvalue weighted by Crippen LogP contribution is 2.58. The SMILES string of the molecule is CN(CCc1cccs1)C(=O)[C@H]1[C@@H](C(=O)O)C1(C)C. The Morgan fingerprint density at radius 3 is 2.58 bits per heavy atom. The molecule has 0 bridgehead atoms. The van der Waals surface area contributed by atoms with Crippen LogP contribution in [-0.2, 0) is 16.0 Å². The van der Waals surface area contributed by atoms with E-state index in [4.69, 9.17) is 5.11 Å². The Bertz CT molecular complexity index is 481. The fraction of sp³-hybridized carbons (Fsp3) is 0.571. The predicted molar refractivity (Wildman–Crippen MR) is 74.1 cm³/mol. The number of hydrogen-bond donors (Lipinski definition) is 1. The summed E-state index contributed by atoms with van der Waals surface area (Å²) in [6, 6.07) is 4.04. The molecule has 0 aromatic carbocycles. The number of nitrogens with zero attached hydrogens (tertiary/aromatic N) is 1. The fourth-order valence-corrected chi connectivity index (χ4v) is 3.34. The van der Waals surface area contributed by atoms with Crippen LogP contribution in [-0.4, -0.2) is 35.5 Å². The van der Waals surface area contributed by atoms with Gasteiger partial charge in [-0.25, -0.2) is 0 Å². The number of aliphatic carboxylic acids is 1. The number of hydrogen-bond acceptors (Lipinski definition) is 3. The Morgan fingerprint density at radius 2 is 2.11 bits per heavy atom. The van der Waals surface area contributed by atoms with E-state index in [0.717, 1.165) is 6.42 Å². The summed E-state index contributed by atoms with van der Waals surface area (Å²) in [5.74, 6) is -1.83. The molecule has 104 valence electrons. The number of amides is 1. The molecule has 1 aromatic rings. The predicted octanol–water partition coefficient (Wildman–Crippen LogP) is 2.11. The third kappa shape index (κ3) is 2.66. The third-order valence-electron chi connectivity index (χ3n) is 4.01. The molecule has 2 rings (SSSR count). The fourth-order valence-electron chi connectivity index (χ4n) is 2.64. The topological polar surface area (TPSA) is 57.6 Å². The van der Waals surface area contributed by atoms with Crippen LogP contribution in [0.1, 0.15) is 18.7 Å². The summed E-state index contributed by atoms with van der Waals surface area (Å²) in [6.45, 7) is 4.33. The molecule has 0 aliphatic heterocycles. The maximum Gasteiger partial charge on any atom is 0.307 e. The first kappa shape index (κ1) is 14.1. The standard InChI is InChI=1S/C14H19NO3S/c1-14(2)10(11(14)13(17)18)12(16)15(3)7-6-9-5-4-8-19-9/h4-5,8,10-11H,6-7H2,1-3H3,(H,17,18)/t10-,11+/m1/s1. The van der Waals surface area contributed by atoms with Gasteiger partial charge in [0.1, 0.15) is 0 Å². The van der Waals surface area contributed by atoms with Crippen LogP contribution in [0.15, 0.2) is 17.5 Å². The summed E-state index contributed by atoms with van der Waals surface area (Å²) in [7, 11) is 1.75. The van der Waals surface area contributed by atoms with E-state index in [9.17, 15) is 9.59 Å². The van der Waals surface area contributed by atoms with Gasteiger partial charge in [0.05, 0.1) is 11.8 Å². The molecule has 19 heavy (non-hydrogen) atoms. The Hall–Kier alpha value is -1.36. The number of likely N-dealkylation sites (N-methyl/N-ethyl adjacent to an activating group) is 1. The van der Waals surface area contributed by atoms with Crippen LogP contribution in [0, 0.1) is 17.3 Å². The summed E-state index contributed by atoms with van der Waals surface area (Å²) in [6.07, 6.45) is 0.824. The molecule has 1 heterocycles. The van der Waals surface area contributed by atoms with Gasteiger partial charge in [-0.15, -0.1) is 11.3 Å². The number of carbonyl (C=O) groups excluding carboxylic acids is 1. The van der Waals surface area contributed by atoms with E-state index in [0.29, 0.717) is 6.54 Å². The Labute approximate surface area is 117 Å². The maximum atomic E-state index is 12.3. The highest BCUT2D eigenvalue weighted by molar-refractivity contribution is 7.09. The van der Waals surface area contributed by atoms with Gasteiger partial charge in [0, 0.05) is 18.5 Å². The lowest BCUT2D eigenvalue weighted by Gasteiger charge is -2.17. The van der Waals surface area contributed by atoms with Crippen molar-refractivity contribution in [1.29, 1.82) is 0 Å². The molecular formula is C14H19NO3S. The van der Waals surface area contributed by atoms with Crippen LogP contribution in [0.5, 0.6) is 0 Å². The quantitative estimate of drug-likeness (QED) is 0.899. The van der Waals surface area contributed by atoms with Gasteiger partial charge in [0.15, 0.2) is 0 Å². The van der Waals surface area contributed by atoms with Gasteiger partial charge in [0.2, 0.25) is 5.91 Å². The zero-order valence-corrected chi connectivity index (χ0v) is 12.2. The first-order valence-electron chi connectivity index (χ1n) is 6.36. The minimum atomic E-state index is -0.866. The maximum absolute atomic E-state index is 12.3. The highest BCUT2D eigenvalue weighted by atomic mass is 32.1. The van der Waals surface area contributed by atoms with Gasteiger partial charge >= 0.3 is 5.97 Å². The van der Waals surface area contributed by atoms with Crippen molar-refractivity contribution >= 4 is 23.2 Å². The molecule has 1 aliphatic rings. The summed E-state index contributed by atoms with van der Waals surface area (Å²) < 4.78 is 0. The third-order valence-corrected chi connectivity index (χ3v) is 4.95. The zero-order valence-electron chi connectivity index (χ0n) is 11.4. The molecule has 2 atom stereocenters. The van der Waals surface area contributed by atoms with Gasteiger partial charge in [0.25, 0.3) is 0 Å². The van der Waals surface area contributed by atoms with E-state index >= 15 is 0 Å². The van der Waals surface area contributed by atoms with E-state index in [2.05, 4.69) is 0 Å². The van der Waals surface area contributed by atoms with E-state index in [1.54, 1.807) is 23.3 Å². The number of carboxylic acid groups (broad SMARTS) is 1. The lowest BCUT2D eigenvalue weighted by molar-refractivity contribution is -0.141.